The molecule has 6 heteroatoms. The third kappa shape index (κ3) is 6.96. The summed E-state index contributed by atoms with van der Waals surface area (Å²) in [6.07, 6.45) is 2.81. The van der Waals surface area contributed by atoms with Gasteiger partial charge in [0.2, 0.25) is 0 Å². The van der Waals surface area contributed by atoms with Crippen molar-refractivity contribution < 1.29 is 4.74 Å². The van der Waals surface area contributed by atoms with Gasteiger partial charge in [0, 0.05) is 0 Å². The fourth-order valence-corrected chi connectivity index (χ4v) is 14.6. The molecule has 0 saturated carbocycles. The van der Waals surface area contributed by atoms with E-state index >= 15 is 0 Å². The number of benzene rings is 5. The molecule has 0 saturated heterocycles. The Balaban J connectivity index is 1.59. The van der Waals surface area contributed by atoms with Crippen molar-refractivity contribution in [3.63, 3.8) is 0 Å². The second-order valence-electron chi connectivity index (χ2n) is 11.4. The van der Waals surface area contributed by atoms with Gasteiger partial charge in [0.15, 0.2) is 0 Å². The Morgan fingerprint density at radius 1 is 0.791 bits per heavy atom. The molecule has 5 aromatic rings. The van der Waals surface area contributed by atoms with Crippen molar-refractivity contribution in [1.29, 1.82) is 0 Å². The van der Waals surface area contributed by atoms with Crippen molar-refractivity contribution in [2.24, 2.45) is 5.92 Å². The first-order chi connectivity index (χ1) is 20.8. The molecule has 0 aliphatic carbocycles. The molecule has 2 atom stereocenters. The Bertz CT molecular complexity index is 1620. The number of methoxy groups -OCH3 is 1. The summed E-state index contributed by atoms with van der Waals surface area (Å²) >= 11 is 10.6. The molecule has 0 heterocycles. The minimum atomic E-state index is -3.07. The van der Waals surface area contributed by atoms with Crippen LogP contribution >= 0.6 is 33.0 Å². The average molecular weight is 672 g/mol. The molecule has 3 nitrogen and oxygen atoms in total. The van der Waals surface area contributed by atoms with Gasteiger partial charge in [0.1, 0.15) is 0 Å². The molecule has 0 aromatic heterocycles. The van der Waals surface area contributed by atoms with Crippen LogP contribution in [-0.4, -0.2) is 24.4 Å². The van der Waals surface area contributed by atoms with Gasteiger partial charge >= 0.3 is 271 Å². The molecule has 0 bridgehead atoms. The van der Waals surface area contributed by atoms with E-state index in [0.29, 0.717) is 11.0 Å². The second kappa shape index (κ2) is 13.6. The molecule has 5 aromatic carbocycles. The molecular weight excluding hydrogens is 631 g/mol. The minimum absolute atomic E-state index is 0.112. The monoisotopic (exact) mass is 670 g/mol. The van der Waals surface area contributed by atoms with Crippen LogP contribution in [-0.2, 0) is 6.16 Å². The van der Waals surface area contributed by atoms with Crippen molar-refractivity contribution in [1.82, 2.24) is 5.32 Å². The van der Waals surface area contributed by atoms with Gasteiger partial charge in [-0.2, -0.15) is 0 Å². The maximum absolute atomic E-state index is 5.93. The number of anilines is 1. The van der Waals surface area contributed by atoms with Crippen molar-refractivity contribution in [2.45, 2.75) is 32.5 Å². The summed E-state index contributed by atoms with van der Waals surface area (Å²) in [5, 5.41) is 9.95. The van der Waals surface area contributed by atoms with Crippen molar-refractivity contribution in [2.75, 3.05) is 18.6 Å². The number of ether oxygens (including phenoxy) is 1. The standard InChI is InChI=1S/C37H40BrN2OPS/c1-4-28(2)36(40-37(43)39-32-21-23-33(41-3)24-22-32)27-42(38,34-15-7-5-8-16-34,35-17-9-6-10-18-35)26-29-19-20-30-13-11-12-14-31(30)25-29/h5-25,28,36H,4,26-27H2,1-3H3,(H2,39,40,43)/t28-,36+/m0/s1. The zero-order valence-electron chi connectivity index (χ0n) is 25.0. The third-order valence-corrected chi connectivity index (χ3v) is 18.0. The van der Waals surface area contributed by atoms with Crippen LogP contribution in [0.1, 0.15) is 25.8 Å². The summed E-state index contributed by atoms with van der Waals surface area (Å²) < 4.78 is 5.33. The Hall–Kier alpha value is -3.24. The Kier molecular flexibility index (Phi) is 9.86. The zero-order valence-corrected chi connectivity index (χ0v) is 28.3. The molecule has 5 rings (SSSR count). The second-order valence-corrected chi connectivity index (χ2v) is 21.4. The van der Waals surface area contributed by atoms with E-state index in [1.807, 2.05) is 24.3 Å². The summed E-state index contributed by atoms with van der Waals surface area (Å²) in [6.45, 7) is 4.59. The van der Waals surface area contributed by atoms with Crippen molar-refractivity contribution in [3.8, 4) is 5.75 Å². The van der Waals surface area contributed by atoms with Gasteiger partial charge in [-0.3, -0.25) is 0 Å². The number of halogens is 1. The number of hydrogen-bond donors (Lipinski definition) is 2. The number of rotatable bonds is 11. The summed E-state index contributed by atoms with van der Waals surface area (Å²) in [6, 6.07) is 45.6. The summed E-state index contributed by atoms with van der Waals surface area (Å²) in [4.78, 5) is 0. The molecule has 43 heavy (non-hydrogen) atoms. The Labute approximate surface area is 269 Å². The predicted octanol–water partition coefficient (Wildman–Crippen LogP) is 9.26. The molecule has 0 spiro atoms. The zero-order chi connectivity index (χ0) is 30.3. The molecular formula is C37H40BrN2OPS. The first kappa shape index (κ1) is 31.2. The van der Waals surface area contributed by atoms with Gasteiger partial charge in [-0.1, -0.05) is 0 Å². The van der Waals surface area contributed by atoms with Crippen LogP contribution in [0.25, 0.3) is 10.8 Å². The van der Waals surface area contributed by atoms with E-state index in [-0.39, 0.29) is 6.04 Å². The summed E-state index contributed by atoms with van der Waals surface area (Å²) in [5.41, 5.74) is 2.25. The summed E-state index contributed by atoms with van der Waals surface area (Å²) in [7, 11) is 1.68. The molecule has 2 N–H and O–H groups in total. The van der Waals surface area contributed by atoms with Crippen LogP contribution in [0.5, 0.6) is 5.75 Å². The topological polar surface area (TPSA) is 33.3 Å². The Morgan fingerprint density at radius 3 is 1.95 bits per heavy atom. The van der Waals surface area contributed by atoms with Gasteiger partial charge in [0.05, 0.1) is 0 Å². The average Bonchev–Trinajstić information content (AvgIpc) is 3.05. The van der Waals surface area contributed by atoms with E-state index in [4.69, 9.17) is 32.4 Å². The van der Waals surface area contributed by atoms with Crippen LogP contribution < -0.4 is 26.0 Å². The van der Waals surface area contributed by atoms with Gasteiger partial charge in [-0.15, -0.1) is 0 Å². The number of thiocarbonyl (C=S) groups is 1. The normalized spacial score (nSPS) is 13.8. The van der Waals surface area contributed by atoms with Crippen molar-refractivity contribution >= 4 is 65.2 Å². The van der Waals surface area contributed by atoms with E-state index in [1.54, 1.807) is 7.11 Å². The van der Waals surface area contributed by atoms with Crippen LogP contribution in [0.3, 0.4) is 0 Å². The van der Waals surface area contributed by atoms with Gasteiger partial charge in [-0.05, 0) is 0 Å². The van der Waals surface area contributed by atoms with Crippen LogP contribution in [0, 0.1) is 5.92 Å². The van der Waals surface area contributed by atoms with Crippen LogP contribution in [0.4, 0.5) is 5.69 Å². The van der Waals surface area contributed by atoms with Crippen molar-refractivity contribution in [3.05, 3.63) is 133 Å². The van der Waals surface area contributed by atoms with E-state index in [2.05, 4.69) is 128 Å². The third-order valence-electron chi connectivity index (χ3n) is 8.59. The SMILES string of the molecule is CC[C@H](C)[C@@H](CP(Br)(Cc1ccc2ccccc2c1)(c1ccccc1)c1ccccc1)NC(=S)Nc1ccc(OC)cc1. The molecule has 0 fully saturated rings. The molecule has 222 valence electrons. The van der Waals surface area contributed by atoms with Crippen LogP contribution in [0.15, 0.2) is 127 Å². The number of nitrogens with one attached hydrogen (secondary N) is 2. The molecule has 0 radical (unpaired) electrons. The van der Waals surface area contributed by atoms with Crippen LogP contribution in [0.2, 0.25) is 0 Å². The van der Waals surface area contributed by atoms with E-state index in [9.17, 15) is 0 Å². The number of hydrogen-bond acceptors (Lipinski definition) is 2. The molecule has 0 amide bonds. The summed E-state index contributed by atoms with van der Waals surface area (Å²) in [5.74, 6) is 1.19. The fourth-order valence-electron chi connectivity index (χ4n) is 5.94. The van der Waals surface area contributed by atoms with Gasteiger partial charge < -0.3 is 0 Å². The predicted molar refractivity (Wildman–Crippen MR) is 196 cm³/mol. The first-order valence-electron chi connectivity index (χ1n) is 14.8. The maximum atomic E-state index is 5.93. The molecule has 0 aliphatic heterocycles. The van der Waals surface area contributed by atoms with E-state index < -0.39 is 5.31 Å². The molecule has 0 aliphatic rings. The quantitative estimate of drug-likeness (QED) is 0.108. The Morgan fingerprint density at radius 2 is 1.37 bits per heavy atom. The first-order valence-corrected chi connectivity index (χ1v) is 19.9. The number of fused-ring (bicyclic) bond motifs is 1. The van der Waals surface area contributed by atoms with Gasteiger partial charge in [0.25, 0.3) is 0 Å². The fraction of sp³-hybridized carbons (Fsp3) is 0.216. The van der Waals surface area contributed by atoms with E-state index in [1.165, 1.54) is 26.9 Å². The van der Waals surface area contributed by atoms with Gasteiger partial charge in [-0.25, -0.2) is 0 Å². The molecule has 0 unspecified atom stereocenters. The van der Waals surface area contributed by atoms with E-state index in [0.717, 1.165) is 30.2 Å².